The zero-order valence-electron chi connectivity index (χ0n) is 11.0. The number of aromatic nitrogens is 1. The van der Waals surface area contributed by atoms with Crippen LogP contribution in [0.4, 0.5) is 21.5 Å². The summed E-state index contributed by atoms with van der Waals surface area (Å²) in [6, 6.07) is 9.07. The number of hydrogen-bond acceptors (Lipinski definition) is 7. The maximum absolute atomic E-state index is 10.9. The van der Waals surface area contributed by atoms with Gasteiger partial charge in [-0.1, -0.05) is 22.7 Å². The molecular weight excluding hydrogens is 306 g/mol. The van der Waals surface area contributed by atoms with Crippen molar-refractivity contribution in [3.8, 4) is 0 Å². The number of nitrogens with two attached hydrogens (primary N) is 1. The fraction of sp³-hybridized carbons (Fsp3) is 0.0769. The van der Waals surface area contributed by atoms with Crippen molar-refractivity contribution < 1.29 is 4.79 Å². The van der Waals surface area contributed by atoms with Gasteiger partial charge < -0.3 is 11.1 Å². The van der Waals surface area contributed by atoms with Crippen LogP contribution in [0.2, 0.25) is 0 Å². The van der Waals surface area contributed by atoms with Crippen LogP contribution in [0.3, 0.4) is 0 Å². The molecule has 0 aliphatic carbocycles. The first-order valence-electron chi connectivity index (χ1n) is 6.05. The van der Waals surface area contributed by atoms with E-state index < -0.39 is 0 Å². The normalized spacial score (nSPS) is 11.3. The second-order valence-corrected chi connectivity index (χ2v) is 6.31. The third kappa shape index (κ3) is 3.23. The van der Waals surface area contributed by atoms with Crippen LogP contribution in [-0.2, 0) is 4.79 Å². The van der Waals surface area contributed by atoms with Crippen LogP contribution < -0.4 is 11.1 Å². The number of carbonyl (C=O) groups is 1. The summed E-state index contributed by atoms with van der Waals surface area (Å²) in [6.07, 6.45) is 0. The molecule has 3 aromatic rings. The molecule has 1 aromatic carbocycles. The molecule has 0 aliphatic rings. The van der Waals surface area contributed by atoms with Crippen molar-refractivity contribution in [3.05, 3.63) is 30.3 Å². The molecule has 0 bridgehead atoms. The van der Waals surface area contributed by atoms with Crippen molar-refractivity contribution in [1.82, 2.24) is 4.98 Å². The third-order valence-electron chi connectivity index (χ3n) is 2.54. The SMILES string of the molecule is CC(=O)Nc1ccc(N=Nc2cc3sc(N)nc3s2)cc1. The highest BCUT2D eigenvalue weighted by Gasteiger charge is 2.06. The number of benzene rings is 1. The number of azo groups is 1. The van der Waals surface area contributed by atoms with Crippen molar-refractivity contribution in [2.24, 2.45) is 10.2 Å². The third-order valence-corrected chi connectivity index (χ3v) is 4.42. The Morgan fingerprint density at radius 1 is 1.24 bits per heavy atom. The Morgan fingerprint density at radius 2 is 2.00 bits per heavy atom. The van der Waals surface area contributed by atoms with Gasteiger partial charge in [0.1, 0.15) is 9.83 Å². The molecule has 0 saturated heterocycles. The zero-order valence-corrected chi connectivity index (χ0v) is 12.7. The fourth-order valence-corrected chi connectivity index (χ4v) is 3.52. The van der Waals surface area contributed by atoms with Crippen molar-refractivity contribution >= 4 is 59.6 Å². The van der Waals surface area contributed by atoms with E-state index >= 15 is 0 Å². The van der Waals surface area contributed by atoms with Gasteiger partial charge in [-0.3, -0.25) is 4.79 Å². The van der Waals surface area contributed by atoms with E-state index in [4.69, 9.17) is 5.73 Å². The molecule has 6 nitrogen and oxygen atoms in total. The average Bonchev–Trinajstić information content (AvgIpc) is 2.94. The summed E-state index contributed by atoms with van der Waals surface area (Å²) in [4.78, 5) is 16.0. The van der Waals surface area contributed by atoms with Gasteiger partial charge in [0.05, 0.1) is 10.4 Å². The molecule has 0 radical (unpaired) electrons. The van der Waals surface area contributed by atoms with E-state index in [1.54, 1.807) is 24.3 Å². The van der Waals surface area contributed by atoms with Crippen LogP contribution in [0.5, 0.6) is 0 Å². The number of hydrogen-bond donors (Lipinski definition) is 2. The number of nitrogens with one attached hydrogen (secondary N) is 1. The van der Waals surface area contributed by atoms with Crippen LogP contribution in [0.25, 0.3) is 9.53 Å². The van der Waals surface area contributed by atoms with Gasteiger partial charge >= 0.3 is 0 Å². The van der Waals surface area contributed by atoms with Crippen molar-refractivity contribution in [2.45, 2.75) is 6.92 Å². The summed E-state index contributed by atoms with van der Waals surface area (Å²) in [5.41, 5.74) is 7.08. The van der Waals surface area contributed by atoms with Gasteiger partial charge in [-0.15, -0.1) is 10.2 Å². The van der Waals surface area contributed by atoms with Gasteiger partial charge in [0, 0.05) is 12.6 Å². The van der Waals surface area contributed by atoms with Crippen LogP contribution in [-0.4, -0.2) is 10.9 Å². The lowest BCUT2D eigenvalue weighted by Crippen LogP contribution is -2.04. The van der Waals surface area contributed by atoms with E-state index in [1.807, 2.05) is 6.07 Å². The summed E-state index contributed by atoms with van der Waals surface area (Å²) in [7, 11) is 0. The van der Waals surface area contributed by atoms with E-state index in [-0.39, 0.29) is 5.91 Å². The number of carbonyl (C=O) groups excluding carboxylic acids is 1. The quantitative estimate of drug-likeness (QED) is 0.705. The minimum Gasteiger partial charge on any atom is -0.375 e. The Morgan fingerprint density at radius 3 is 2.67 bits per heavy atom. The summed E-state index contributed by atoms with van der Waals surface area (Å²) in [5, 5.41) is 12.4. The second-order valence-electron chi connectivity index (χ2n) is 4.23. The Bertz CT molecular complexity index is 787. The highest BCUT2D eigenvalue weighted by atomic mass is 32.1. The van der Waals surface area contributed by atoms with Gasteiger partial charge in [0.2, 0.25) is 5.91 Å². The molecule has 1 amide bonds. The Balaban J connectivity index is 1.75. The fourth-order valence-electron chi connectivity index (χ4n) is 1.71. The second kappa shape index (κ2) is 5.58. The van der Waals surface area contributed by atoms with E-state index in [0.717, 1.165) is 20.2 Å². The topological polar surface area (TPSA) is 92.7 Å². The maximum atomic E-state index is 10.9. The molecule has 3 rings (SSSR count). The van der Waals surface area contributed by atoms with Gasteiger partial charge in [0.15, 0.2) is 5.13 Å². The standard InChI is InChI=1S/C13H11N5OS2/c1-7(19)15-8-2-4-9(5-3-8)17-18-11-6-10-12(21-11)16-13(14)20-10/h2-6H,1H3,(H2,14,16)(H,15,19). The number of thiazole rings is 1. The van der Waals surface area contributed by atoms with E-state index in [0.29, 0.717) is 10.8 Å². The molecule has 21 heavy (non-hydrogen) atoms. The minimum atomic E-state index is -0.102. The lowest BCUT2D eigenvalue weighted by Gasteiger charge is -2.00. The Labute approximate surface area is 128 Å². The van der Waals surface area contributed by atoms with Crippen molar-refractivity contribution in [1.29, 1.82) is 0 Å². The predicted molar refractivity (Wildman–Crippen MR) is 86.8 cm³/mol. The number of nitrogen functional groups attached to an aromatic ring is 1. The molecule has 8 heteroatoms. The molecule has 2 aromatic heterocycles. The highest BCUT2D eigenvalue weighted by molar-refractivity contribution is 7.30. The monoisotopic (exact) mass is 317 g/mol. The Kier molecular flexibility index (Phi) is 3.63. The van der Waals surface area contributed by atoms with E-state index in [1.165, 1.54) is 29.6 Å². The molecule has 0 fully saturated rings. The van der Waals surface area contributed by atoms with Crippen LogP contribution in [0.1, 0.15) is 6.92 Å². The van der Waals surface area contributed by atoms with Crippen LogP contribution >= 0.6 is 22.7 Å². The van der Waals surface area contributed by atoms with Gasteiger partial charge in [-0.2, -0.15) is 0 Å². The number of anilines is 2. The minimum absolute atomic E-state index is 0.102. The molecule has 0 atom stereocenters. The number of fused-ring (bicyclic) bond motifs is 1. The first-order chi connectivity index (χ1) is 10.1. The first-order valence-corrected chi connectivity index (χ1v) is 7.69. The molecule has 0 spiro atoms. The van der Waals surface area contributed by atoms with Gasteiger partial charge in [-0.05, 0) is 30.3 Å². The summed E-state index contributed by atoms with van der Waals surface area (Å²) in [6.45, 7) is 1.47. The molecule has 106 valence electrons. The molecule has 3 N–H and O–H groups in total. The maximum Gasteiger partial charge on any atom is 0.221 e. The van der Waals surface area contributed by atoms with Gasteiger partial charge in [-0.25, -0.2) is 4.98 Å². The number of nitrogens with zero attached hydrogens (tertiary/aromatic N) is 3. The lowest BCUT2D eigenvalue weighted by molar-refractivity contribution is -0.114. The lowest BCUT2D eigenvalue weighted by atomic mass is 10.3. The van der Waals surface area contributed by atoms with Crippen LogP contribution in [0.15, 0.2) is 40.6 Å². The van der Waals surface area contributed by atoms with Gasteiger partial charge in [0.25, 0.3) is 0 Å². The number of rotatable bonds is 3. The summed E-state index contributed by atoms with van der Waals surface area (Å²) >= 11 is 2.89. The molecule has 0 unspecified atom stereocenters. The first kappa shape index (κ1) is 13.7. The smallest absolute Gasteiger partial charge is 0.221 e. The van der Waals surface area contributed by atoms with E-state index in [9.17, 15) is 4.79 Å². The Hall–Kier alpha value is -2.32. The molecule has 0 aliphatic heterocycles. The number of thiophene rings is 1. The van der Waals surface area contributed by atoms with Crippen LogP contribution in [0, 0.1) is 0 Å². The zero-order chi connectivity index (χ0) is 14.8. The molecule has 2 heterocycles. The summed E-state index contributed by atoms with van der Waals surface area (Å²) < 4.78 is 1.02. The number of amides is 1. The average molecular weight is 317 g/mol. The highest BCUT2D eigenvalue weighted by Crippen LogP contribution is 2.36. The van der Waals surface area contributed by atoms with E-state index in [2.05, 4.69) is 20.5 Å². The largest absolute Gasteiger partial charge is 0.375 e. The predicted octanol–water partition coefficient (Wildman–Crippen LogP) is 4.31. The molecular formula is C13H11N5OS2. The summed E-state index contributed by atoms with van der Waals surface area (Å²) in [5.74, 6) is -0.102. The van der Waals surface area contributed by atoms with Crippen molar-refractivity contribution in [2.75, 3.05) is 11.1 Å². The van der Waals surface area contributed by atoms with Crippen molar-refractivity contribution in [3.63, 3.8) is 0 Å². The molecule has 0 saturated carbocycles.